The second kappa shape index (κ2) is 13.0. The van der Waals surface area contributed by atoms with E-state index >= 15 is 0 Å². The van der Waals surface area contributed by atoms with Crippen molar-refractivity contribution in [2.45, 2.75) is 54.6 Å². The van der Waals surface area contributed by atoms with Crippen LogP contribution in [0.3, 0.4) is 0 Å². The van der Waals surface area contributed by atoms with Crippen LogP contribution < -0.4 is 0 Å². The minimum atomic E-state index is -0.756. The molecule has 6 atom stereocenters. The maximum atomic E-state index is 13.4. The molecular formula is C34H32O6S. The second-order valence-corrected chi connectivity index (χ2v) is 11.3. The number of thioether (sulfide) groups is 1. The minimum absolute atomic E-state index is 0.319. The highest BCUT2D eigenvalue weighted by molar-refractivity contribution is 7.99. The summed E-state index contributed by atoms with van der Waals surface area (Å²) in [5.74, 6) is -0.438. The molecule has 0 radical (unpaired) electrons. The molecule has 4 aromatic carbocycles. The van der Waals surface area contributed by atoms with Gasteiger partial charge in [-0.25, -0.2) is 4.79 Å². The van der Waals surface area contributed by atoms with Gasteiger partial charge in [0.05, 0.1) is 18.8 Å². The fraction of sp³-hybridized carbons (Fsp3) is 0.265. The molecule has 4 aromatic rings. The molecule has 0 amide bonds. The van der Waals surface area contributed by atoms with Crippen LogP contribution in [0.4, 0.5) is 0 Å². The van der Waals surface area contributed by atoms with Gasteiger partial charge in [-0.2, -0.15) is 0 Å². The van der Waals surface area contributed by atoms with Gasteiger partial charge in [0.15, 0.2) is 12.4 Å². The molecule has 210 valence electrons. The lowest BCUT2D eigenvalue weighted by Crippen LogP contribution is -2.62. The zero-order chi connectivity index (χ0) is 28.0. The Bertz CT molecular complexity index is 1400. The molecule has 2 aliphatic rings. The normalized spacial score (nSPS) is 25.7. The summed E-state index contributed by atoms with van der Waals surface area (Å²) >= 11 is 1.51. The number of aryl methyl sites for hydroxylation is 1. The molecule has 0 bridgehead atoms. The summed E-state index contributed by atoms with van der Waals surface area (Å²) in [5, 5.41) is 0. The van der Waals surface area contributed by atoms with E-state index in [0.717, 1.165) is 21.6 Å². The Kier molecular flexibility index (Phi) is 8.80. The maximum Gasteiger partial charge on any atom is 0.338 e. The van der Waals surface area contributed by atoms with Crippen LogP contribution in [0.2, 0.25) is 0 Å². The summed E-state index contributed by atoms with van der Waals surface area (Å²) in [4.78, 5) is 14.4. The highest BCUT2D eigenvalue weighted by Gasteiger charge is 2.52. The number of rotatable bonds is 8. The van der Waals surface area contributed by atoms with Gasteiger partial charge >= 0.3 is 5.97 Å². The predicted octanol–water partition coefficient (Wildman–Crippen LogP) is 6.74. The van der Waals surface area contributed by atoms with Gasteiger partial charge < -0.3 is 23.7 Å². The highest BCUT2D eigenvalue weighted by atomic mass is 32.2. The number of benzene rings is 4. The van der Waals surface area contributed by atoms with E-state index in [-0.39, 0.29) is 0 Å². The molecule has 7 heteroatoms. The standard InChI is InChI=1S/C34H32O6S/c1-23-17-19-27(20-18-23)41-34-31(39-32(35)25-13-7-3-8-14-25)30(36-21-24-11-5-2-6-12-24)29-28(38-34)22-37-33(40-29)26-15-9-4-10-16-26/h2-20,28-31,33-34H,21-22H2,1H3/t28-,29-,30+,31-,33?,34+/m1/s1. The second-order valence-electron chi connectivity index (χ2n) is 10.1. The molecular weight excluding hydrogens is 536 g/mol. The van der Waals surface area contributed by atoms with E-state index in [1.165, 1.54) is 11.8 Å². The molecule has 2 saturated heterocycles. The van der Waals surface area contributed by atoms with Gasteiger partial charge in [-0.3, -0.25) is 0 Å². The molecule has 2 fully saturated rings. The molecule has 0 aliphatic carbocycles. The molecule has 0 aromatic heterocycles. The molecule has 6 nitrogen and oxygen atoms in total. The SMILES string of the molecule is Cc1ccc(S[C@@H]2O[C@@H]3COC(c4ccccc4)O[C@H]3[C@H](OCc3ccccc3)[C@H]2OC(=O)c2ccccc2)cc1. The van der Waals surface area contributed by atoms with E-state index in [4.69, 9.17) is 23.7 Å². The monoisotopic (exact) mass is 568 g/mol. The van der Waals surface area contributed by atoms with Crippen molar-refractivity contribution in [3.63, 3.8) is 0 Å². The molecule has 2 heterocycles. The molecule has 0 spiro atoms. The van der Waals surface area contributed by atoms with E-state index in [1.807, 2.05) is 97.9 Å². The maximum absolute atomic E-state index is 13.4. The van der Waals surface area contributed by atoms with Crippen molar-refractivity contribution in [2.75, 3.05) is 6.61 Å². The minimum Gasteiger partial charge on any atom is -0.452 e. The Hall–Kier alpha value is -3.46. The molecule has 1 unspecified atom stereocenters. The van der Waals surface area contributed by atoms with Crippen molar-refractivity contribution in [3.05, 3.63) is 138 Å². The van der Waals surface area contributed by atoms with E-state index < -0.39 is 42.1 Å². The lowest BCUT2D eigenvalue weighted by Gasteiger charge is -2.48. The smallest absolute Gasteiger partial charge is 0.338 e. The zero-order valence-corrected chi connectivity index (χ0v) is 23.5. The number of ether oxygens (including phenoxy) is 5. The van der Waals surface area contributed by atoms with Crippen molar-refractivity contribution >= 4 is 17.7 Å². The zero-order valence-electron chi connectivity index (χ0n) is 22.7. The van der Waals surface area contributed by atoms with Crippen LogP contribution in [0, 0.1) is 6.92 Å². The average Bonchev–Trinajstić information content (AvgIpc) is 3.03. The lowest BCUT2D eigenvalue weighted by atomic mass is 9.98. The predicted molar refractivity (Wildman–Crippen MR) is 156 cm³/mol. The molecule has 0 saturated carbocycles. The van der Waals surface area contributed by atoms with Gasteiger partial charge in [0.2, 0.25) is 0 Å². The van der Waals surface area contributed by atoms with Crippen LogP contribution in [-0.4, -0.2) is 42.4 Å². The van der Waals surface area contributed by atoms with E-state index in [0.29, 0.717) is 18.8 Å². The first-order valence-corrected chi connectivity index (χ1v) is 14.6. The first-order valence-electron chi connectivity index (χ1n) is 13.8. The third-order valence-corrected chi connectivity index (χ3v) is 8.32. The fourth-order valence-electron chi connectivity index (χ4n) is 5.02. The van der Waals surface area contributed by atoms with Gasteiger partial charge in [0.1, 0.15) is 23.7 Å². The largest absolute Gasteiger partial charge is 0.452 e. The van der Waals surface area contributed by atoms with Crippen LogP contribution in [0.5, 0.6) is 0 Å². The summed E-state index contributed by atoms with van der Waals surface area (Å²) in [6, 6.07) is 36.9. The third kappa shape index (κ3) is 6.72. The summed E-state index contributed by atoms with van der Waals surface area (Å²) in [6.45, 7) is 2.70. The quantitative estimate of drug-likeness (QED) is 0.218. The molecule has 2 aliphatic heterocycles. The van der Waals surface area contributed by atoms with Crippen LogP contribution in [-0.2, 0) is 30.3 Å². The third-order valence-electron chi connectivity index (χ3n) is 7.17. The van der Waals surface area contributed by atoms with Crippen molar-refractivity contribution in [1.29, 1.82) is 0 Å². The molecule has 41 heavy (non-hydrogen) atoms. The summed E-state index contributed by atoms with van der Waals surface area (Å²) < 4.78 is 32.1. The summed E-state index contributed by atoms with van der Waals surface area (Å²) in [6.07, 6.45) is -2.89. The number of fused-ring (bicyclic) bond motifs is 1. The summed E-state index contributed by atoms with van der Waals surface area (Å²) in [7, 11) is 0. The van der Waals surface area contributed by atoms with Gasteiger partial charge in [-0.1, -0.05) is 108 Å². The number of esters is 1. The van der Waals surface area contributed by atoms with E-state index in [9.17, 15) is 4.79 Å². The molecule has 0 N–H and O–H groups in total. The van der Waals surface area contributed by atoms with Gasteiger partial charge in [-0.05, 0) is 36.8 Å². The Labute approximate surface area is 244 Å². The van der Waals surface area contributed by atoms with Crippen molar-refractivity contribution in [1.82, 2.24) is 0 Å². The fourth-order valence-corrected chi connectivity index (χ4v) is 6.12. The van der Waals surface area contributed by atoms with Crippen LogP contribution in [0.15, 0.2) is 120 Å². The van der Waals surface area contributed by atoms with E-state index in [1.54, 1.807) is 12.1 Å². The Balaban J connectivity index is 1.33. The number of hydrogen-bond donors (Lipinski definition) is 0. The van der Waals surface area contributed by atoms with Gasteiger partial charge in [0.25, 0.3) is 0 Å². The number of carbonyl (C=O) groups is 1. The Morgan fingerprint density at radius 3 is 2.17 bits per heavy atom. The van der Waals surface area contributed by atoms with Crippen molar-refractivity contribution in [3.8, 4) is 0 Å². The Morgan fingerprint density at radius 1 is 0.805 bits per heavy atom. The van der Waals surface area contributed by atoms with Crippen LogP contribution in [0.25, 0.3) is 0 Å². The topological polar surface area (TPSA) is 63.2 Å². The summed E-state index contributed by atoms with van der Waals surface area (Å²) in [5.41, 5.74) is 2.99. The van der Waals surface area contributed by atoms with Crippen LogP contribution in [0.1, 0.15) is 33.3 Å². The lowest BCUT2D eigenvalue weighted by molar-refractivity contribution is -0.324. The number of carbonyl (C=O) groups excluding carboxylic acids is 1. The van der Waals surface area contributed by atoms with Gasteiger partial charge in [0, 0.05) is 10.5 Å². The van der Waals surface area contributed by atoms with Gasteiger partial charge in [-0.15, -0.1) is 0 Å². The highest BCUT2D eigenvalue weighted by Crippen LogP contribution is 2.41. The van der Waals surface area contributed by atoms with Crippen molar-refractivity contribution < 1.29 is 28.5 Å². The number of hydrogen-bond acceptors (Lipinski definition) is 7. The van der Waals surface area contributed by atoms with Crippen LogP contribution >= 0.6 is 11.8 Å². The molecule has 6 rings (SSSR count). The van der Waals surface area contributed by atoms with Crippen molar-refractivity contribution in [2.24, 2.45) is 0 Å². The average molecular weight is 569 g/mol. The first-order chi connectivity index (χ1) is 20.1. The Morgan fingerprint density at radius 2 is 1.46 bits per heavy atom. The van der Waals surface area contributed by atoms with E-state index in [2.05, 4.69) is 12.1 Å². The first kappa shape index (κ1) is 27.7.